The fourth-order valence-electron chi connectivity index (χ4n) is 3.43. The summed E-state index contributed by atoms with van der Waals surface area (Å²) in [6.45, 7) is 4.08. The molecule has 176 valence electrons. The van der Waals surface area contributed by atoms with Crippen LogP contribution in [-0.2, 0) is 22.6 Å². The first kappa shape index (κ1) is 24.7. The van der Waals surface area contributed by atoms with Gasteiger partial charge in [0.15, 0.2) is 12.4 Å². The Labute approximate surface area is 199 Å². The van der Waals surface area contributed by atoms with Gasteiger partial charge in [0.2, 0.25) is 5.91 Å². The zero-order valence-corrected chi connectivity index (χ0v) is 19.5. The van der Waals surface area contributed by atoms with Gasteiger partial charge in [-0.3, -0.25) is 9.59 Å². The van der Waals surface area contributed by atoms with Crippen molar-refractivity contribution < 1.29 is 23.9 Å². The lowest BCUT2D eigenvalue weighted by atomic mass is 10.1. The quantitative estimate of drug-likeness (QED) is 0.256. The number of aryl methyl sites for hydroxylation is 2. The third kappa shape index (κ3) is 7.59. The molecule has 0 unspecified atom stereocenters. The maximum Gasteiger partial charge on any atom is 0.342 e. The number of nitrogens with one attached hydrogen (secondary N) is 1. The van der Waals surface area contributed by atoms with Gasteiger partial charge in [0.05, 0.1) is 0 Å². The Morgan fingerprint density at radius 1 is 0.882 bits per heavy atom. The van der Waals surface area contributed by atoms with Crippen LogP contribution >= 0.6 is 0 Å². The lowest BCUT2D eigenvalue weighted by Crippen LogP contribution is -2.21. The summed E-state index contributed by atoms with van der Waals surface area (Å²) >= 11 is 0. The van der Waals surface area contributed by atoms with Gasteiger partial charge >= 0.3 is 5.97 Å². The average Bonchev–Trinajstić information content (AvgIpc) is 2.84. The van der Waals surface area contributed by atoms with E-state index in [1.54, 1.807) is 36.4 Å². The minimum Gasteiger partial charge on any atom is -0.488 e. The standard InChI is InChI=1S/C28H29NO5/c1-20-7-5-8-23(17-20)18-33-27-11-4-3-10-25(27)28(32)34-19-26(31)24-14-12-22(13-15-24)9-6-16-29-21(2)30/h3-5,7-8,10-15,17H,6,9,16,18-19H2,1-2H3,(H,29,30). The zero-order chi connectivity index (χ0) is 24.3. The van der Waals surface area contributed by atoms with E-state index in [9.17, 15) is 14.4 Å². The second-order valence-corrected chi connectivity index (χ2v) is 8.06. The maximum absolute atomic E-state index is 12.6. The number of rotatable bonds is 11. The Morgan fingerprint density at radius 2 is 1.65 bits per heavy atom. The molecule has 0 radical (unpaired) electrons. The molecule has 0 aromatic heterocycles. The second kappa shape index (κ2) is 12.3. The Morgan fingerprint density at radius 3 is 2.38 bits per heavy atom. The molecule has 6 heteroatoms. The molecule has 0 spiro atoms. The first-order valence-electron chi connectivity index (χ1n) is 11.2. The fraction of sp³-hybridized carbons (Fsp3) is 0.250. The van der Waals surface area contributed by atoms with Crippen LogP contribution in [-0.4, -0.2) is 30.8 Å². The lowest BCUT2D eigenvalue weighted by molar-refractivity contribution is -0.118. The first-order chi connectivity index (χ1) is 16.4. The van der Waals surface area contributed by atoms with E-state index in [2.05, 4.69) is 5.32 Å². The van der Waals surface area contributed by atoms with E-state index in [0.29, 0.717) is 24.5 Å². The molecule has 0 heterocycles. The van der Waals surface area contributed by atoms with E-state index < -0.39 is 5.97 Å². The summed E-state index contributed by atoms with van der Waals surface area (Å²) in [6, 6.07) is 22.0. The first-order valence-corrected chi connectivity index (χ1v) is 11.2. The van der Waals surface area contributed by atoms with Crippen LogP contribution < -0.4 is 10.1 Å². The third-order valence-corrected chi connectivity index (χ3v) is 5.21. The fourth-order valence-corrected chi connectivity index (χ4v) is 3.43. The van der Waals surface area contributed by atoms with Crippen LogP contribution in [0.3, 0.4) is 0 Å². The van der Waals surface area contributed by atoms with Crippen LogP contribution in [0.15, 0.2) is 72.8 Å². The van der Waals surface area contributed by atoms with E-state index in [0.717, 1.165) is 29.5 Å². The number of Topliss-reactive ketones (excluding diaryl/α,β-unsaturated/α-hetero) is 1. The van der Waals surface area contributed by atoms with Gasteiger partial charge in [0, 0.05) is 19.0 Å². The molecule has 3 rings (SSSR count). The van der Waals surface area contributed by atoms with Crippen LogP contribution in [0.2, 0.25) is 0 Å². The SMILES string of the molecule is CC(=O)NCCCc1ccc(C(=O)COC(=O)c2ccccc2OCc2cccc(C)c2)cc1. The average molecular weight is 460 g/mol. The van der Waals surface area contributed by atoms with Crippen molar-refractivity contribution in [3.8, 4) is 5.75 Å². The molecule has 3 aromatic carbocycles. The molecule has 0 fully saturated rings. The second-order valence-electron chi connectivity index (χ2n) is 8.06. The number of carbonyl (C=O) groups excluding carboxylic acids is 3. The molecular formula is C28H29NO5. The van der Waals surface area contributed by atoms with Gasteiger partial charge in [0.1, 0.15) is 17.9 Å². The van der Waals surface area contributed by atoms with Crippen LogP contribution in [0.5, 0.6) is 5.75 Å². The van der Waals surface area contributed by atoms with Crippen LogP contribution in [0.25, 0.3) is 0 Å². The van der Waals surface area contributed by atoms with Gasteiger partial charge < -0.3 is 14.8 Å². The maximum atomic E-state index is 12.6. The minimum atomic E-state index is -0.609. The highest BCUT2D eigenvalue weighted by molar-refractivity contribution is 6.00. The summed E-state index contributed by atoms with van der Waals surface area (Å²) in [5.41, 5.74) is 3.95. The summed E-state index contributed by atoms with van der Waals surface area (Å²) in [6.07, 6.45) is 1.61. The van der Waals surface area contributed by atoms with Crippen molar-refractivity contribution in [2.75, 3.05) is 13.2 Å². The summed E-state index contributed by atoms with van der Waals surface area (Å²) in [7, 11) is 0. The monoisotopic (exact) mass is 459 g/mol. The summed E-state index contributed by atoms with van der Waals surface area (Å²) in [4.78, 5) is 36.0. The number of ketones is 1. The lowest BCUT2D eigenvalue weighted by Gasteiger charge is -2.11. The molecule has 0 bridgehead atoms. The van der Waals surface area contributed by atoms with Gasteiger partial charge in [0.25, 0.3) is 0 Å². The number of ether oxygens (including phenoxy) is 2. The van der Waals surface area contributed by atoms with Crippen molar-refractivity contribution in [2.24, 2.45) is 0 Å². The van der Waals surface area contributed by atoms with Crippen molar-refractivity contribution in [2.45, 2.75) is 33.3 Å². The van der Waals surface area contributed by atoms with E-state index >= 15 is 0 Å². The number of amides is 1. The normalized spacial score (nSPS) is 10.4. The Kier molecular flexibility index (Phi) is 8.97. The minimum absolute atomic E-state index is 0.0454. The van der Waals surface area contributed by atoms with Gasteiger partial charge in [-0.2, -0.15) is 0 Å². The molecule has 1 N–H and O–H groups in total. The zero-order valence-electron chi connectivity index (χ0n) is 19.5. The molecule has 34 heavy (non-hydrogen) atoms. The van der Waals surface area contributed by atoms with Crippen molar-refractivity contribution in [3.05, 3.63) is 101 Å². The topological polar surface area (TPSA) is 81.7 Å². The molecular weight excluding hydrogens is 430 g/mol. The van der Waals surface area contributed by atoms with E-state index in [1.807, 2.05) is 43.3 Å². The molecule has 0 aliphatic carbocycles. The molecule has 0 saturated heterocycles. The van der Waals surface area contributed by atoms with Crippen LogP contribution in [0.4, 0.5) is 0 Å². The van der Waals surface area contributed by atoms with E-state index in [4.69, 9.17) is 9.47 Å². The number of benzene rings is 3. The van der Waals surface area contributed by atoms with Crippen LogP contribution in [0.1, 0.15) is 50.8 Å². The molecule has 6 nitrogen and oxygen atoms in total. The predicted molar refractivity (Wildman–Crippen MR) is 130 cm³/mol. The molecule has 0 atom stereocenters. The Hall–Kier alpha value is -3.93. The molecule has 0 aliphatic heterocycles. The van der Waals surface area contributed by atoms with Crippen LogP contribution in [0, 0.1) is 6.92 Å². The largest absolute Gasteiger partial charge is 0.488 e. The van der Waals surface area contributed by atoms with Crippen molar-refractivity contribution in [1.82, 2.24) is 5.32 Å². The summed E-state index contributed by atoms with van der Waals surface area (Å²) in [5, 5.41) is 2.76. The van der Waals surface area contributed by atoms with Crippen molar-refractivity contribution in [3.63, 3.8) is 0 Å². The highest BCUT2D eigenvalue weighted by atomic mass is 16.5. The third-order valence-electron chi connectivity index (χ3n) is 5.21. The van der Waals surface area contributed by atoms with Gasteiger partial charge in [-0.25, -0.2) is 4.79 Å². The number of carbonyl (C=O) groups is 3. The number of hydrogen-bond acceptors (Lipinski definition) is 5. The Bertz CT molecular complexity index is 1140. The van der Waals surface area contributed by atoms with E-state index in [1.165, 1.54) is 6.92 Å². The molecule has 0 aliphatic rings. The number of para-hydroxylation sites is 1. The molecule has 1 amide bonds. The predicted octanol–water partition coefficient (Wildman–Crippen LogP) is 4.68. The van der Waals surface area contributed by atoms with Crippen molar-refractivity contribution in [1.29, 1.82) is 0 Å². The van der Waals surface area contributed by atoms with Crippen molar-refractivity contribution >= 4 is 17.7 Å². The summed E-state index contributed by atoms with van der Waals surface area (Å²) in [5.74, 6) is -0.528. The highest BCUT2D eigenvalue weighted by Crippen LogP contribution is 2.21. The number of esters is 1. The molecule has 3 aromatic rings. The van der Waals surface area contributed by atoms with E-state index in [-0.39, 0.29) is 23.9 Å². The number of hydrogen-bond donors (Lipinski definition) is 1. The van der Waals surface area contributed by atoms with Gasteiger partial charge in [-0.15, -0.1) is 0 Å². The molecule has 0 saturated carbocycles. The smallest absolute Gasteiger partial charge is 0.342 e. The van der Waals surface area contributed by atoms with Gasteiger partial charge in [-0.05, 0) is 43.0 Å². The highest BCUT2D eigenvalue weighted by Gasteiger charge is 2.16. The van der Waals surface area contributed by atoms with Gasteiger partial charge in [-0.1, -0.05) is 66.2 Å². The summed E-state index contributed by atoms with van der Waals surface area (Å²) < 4.78 is 11.1. The Balaban J connectivity index is 1.52.